The van der Waals surface area contributed by atoms with Gasteiger partial charge in [-0.2, -0.15) is 0 Å². The molecule has 7 heteroatoms. The van der Waals surface area contributed by atoms with E-state index in [1.807, 2.05) is 24.5 Å². The third kappa shape index (κ3) is 4.59. The van der Waals surface area contributed by atoms with Gasteiger partial charge in [-0.3, -0.25) is 4.79 Å². The second-order valence-corrected chi connectivity index (χ2v) is 6.33. The van der Waals surface area contributed by atoms with Crippen LogP contribution in [0.25, 0.3) is 0 Å². The van der Waals surface area contributed by atoms with Crippen LogP contribution in [-0.4, -0.2) is 26.4 Å². The van der Waals surface area contributed by atoms with Crippen LogP contribution in [0.5, 0.6) is 0 Å². The summed E-state index contributed by atoms with van der Waals surface area (Å²) in [5.41, 5.74) is 1.70. The first-order valence-electron chi connectivity index (χ1n) is 7.27. The van der Waals surface area contributed by atoms with Crippen molar-refractivity contribution in [3.63, 3.8) is 0 Å². The van der Waals surface area contributed by atoms with Gasteiger partial charge in [-0.25, -0.2) is 0 Å². The second kappa shape index (κ2) is 8.17. The summed E-state index contributed by atoms with van der Waals surface area (Å²) >= 11 is 7.28. The molecule has 0 unspecified atom stereocenters. The van der Waals surface area contributed by atoms with Crippen LogP contribution in [0.3, 0.4) is 0 Å². The van der Waals surface area contributed by atoms with Crippen LogP contribution in [0, 0.1) is 6.92 Å². The molecule has 0 bridgehead atoms. The molecular formula is C16H19ClN4OS. The van der Waals surface area contributed by atoms with Crippen LogP contribution in [0.4, 0.5) is 5.69 Å². The number of rotatable bonds is 7. The SMILES string of the molecule is C=CCn1c(CC)nnc1SCC(=O)Nc1ccc(Cl)cc1C. The number of benzene rings is 1. The fraction of sp³-hybridized carbons (Fsp3) is 0.312. The number of hydrogen-bond donors (Lipinski definition) is 1. The Kier molecular flexibility index (Phi) is 6.24. The van der Waals surface area contributed by atoms with Crippen LogP contribution in [0.15, 0.2) is 36.0 Å². The molecule has 1 N–H and O–H groups in total. The van der Waals surface area contributed by atoms with Crippen molar-refractivity contribution in [1.82, 2.24) is 14.8 Å². The van der Waals surface area contributed by atoms with Gasteiger partial charge in [-0.1, -0.05) is 36.4 Å². The first-order chi connectivity index (χ1) is 11.0. The minimum Gasteiger partial charge on any atom is -0.325 e. The summed E-state index contributed by atoms with van der Waals surface area (Å²) in [7, 11) is 0. The van der Waals surface area contributed by atoms with Crippen LogP contribution in [0.2, 0.25) is 5.02 Å². The Morgan fingerprint density at radius 2 is 2.26 bits per heavy atom. The molecule has 0 saturated carbocycles. The van der Waals surface area contributed by atoms with Gasteiger partial charge >= 0.3 is 0 Å². The average molecular weight is 351 g/mol. The minimum atomic E-state index is -0.0911. The lowest BCUT2D eigenvalue weighted by Gasteiger charge is -2.09. The third-order valence-corrected chi connectivity index (χ3v) is 4.42. The van der Waals surface area contributed by atoms with E-state index in [2.05, 4.69) is 22.1 Å². The number of amides is 1. The molecule has 0 aliphatic carbocycles. The van der Waals surface area contributed by atoms with E-state index < -0.39 is 0 Å². The fourth-order valence-corrected chi connectivity index (χ4v) is 3.08. The number of halogens is 1. The lowest BCUT2D eigenvalue weighted by Crippen LogP contribution is -2.15. The number of carbonyl (C=O) groups is 1. The molecule has 0 fully saturated rings. The van der Waals surface area contributed by atoms with Gasteiger partial charge in [0.15, 0.2) is 5.16 Å². The van der Waals surface area contributed by atoms with Crippen LogP contribution in [0.1, 0.15) is 18.3 Å². The molecule has 0 aliphatic heterocycles. The van der Waals surface area contributed by atoms with E-state index in [1.54, 1.807) is 18.2 Å². The molecule has 122 valence electrons. The van der Waals surface area contributed by atoms with Crippen LogP contribution < -0.4 is 5.32 Å². The van der Waals surface area contributed by atoms with Crippen molar-refractivity contribution < 1.29 is 4.79 Å². The Morgan fingerprint density at radius 3 is 2.91 bits per heavy atom. The maximum Gasteiger partial charge on any atom is 0.234 e. The van der Waals surface area contributed by atoms with Gasteiger partial charge in [0.2, 0.25) is 5.91 Å². The molecule has 2 rings (SSSR count). The summed E-state index contributed by atoms with van der Waals surface area (Å²) in [6, 6.07) is 5.37. The van der Waals surface area contributed by atoms with Gasteiger partial charge in [0.1, 0.15) is 5.82 Å². The van der Waals surface area contributed by atoms with Crippen molar-refractivity contribution >= 4 is 35.0 Å². The average Bonchev–Trinajstić information content (AvgIpc) is 2.90. The van der Waals surface area contributed by atoms with E-state index in [1.165, 1.54) is 11.8 Å². The largest absolute Gasteiger partial charge is 0.325 e. The standard InChI is InChI=1S/C16H19ClN4OS/c1-4-8-21-14(5-2)19-20-16(21)23-10-15(22)18-13-7-6-12(17)9-11(13)3/h4,6-7,9H,1,5,8,10H2,2-3H3,(H,18,22). The van der Waals surface area contributed by atoms with Gasteiger partial charge in [0, 0.05) is 23.7 Å². The van der Waals surface area contributed by atoms with E-state index in [4.69, 9.17) is 11.6 Å². The van der Waals surface area contributed by atoms with Gasteiger partial charge in [-0.15, -0.1) is 16.8 Å². The summed E-state index contributed by atoms with van der Waals surface area (Å²) in [5, 5.41) is 12.5. The van der Waals surface area contributed by atoms with E-state index in [0.717, 1.165) is 28.7 Å². The molecule has 0 saturated heterocycles. The normalized spacial score (nSPS) is 10.6. The number of carbonyl (C=O) groups excluding carboxylic acids is 1. The Balaban J connectivity index is 1.99. The minimum absolute atomic E-state index is 0.0911. The monoisotopic (exact) mass is 350 g/mol. The highest BCUT2D eigenvalue weighted by Gasteiger charge is 2.13. The zero-order chi connectivity index (χ0) is 16.8. The van der Waals surface area contributed by atoms with Gasteiger partial charge < -0.3 is 9.88 Å². The summed E-state index contributed by atoms with van der Waals surface area (Å²) in [6.07, 6.45) is 2.58. The summed E-state index contributed by atoms with van der Waals surface area (Å²) < 4.78 is 1.97. The van der Waals surface area contributed by atoms with E-state index in [-0.39, 0.29) is 11.7 Å². The number of hydrogen-bond acceptors (Lipinski definition) is 4. The Bertz CT molecular complexity index is 714. The second-order valence-electron chi connectivity index (χ2n) is 4.95. The zero-order valence-electron chi connectivity index (χ0n) is 13.2. The number of anilines is 1. The molecule has 23 heavy (non-hydrogen) atoms. The van der Waals surface area contributed by atoms with Crippen LogP contribution >= 0.6 is 23.4 Å². The number of thioether (sulfide) groups is 1. The topological polar surface area (TPSA) is 59.8 Å². The zero-order valence-corrected chi connectivity index (χ0v) is 14.7. The van der Waals surface area contributed by atoms with Crippen molar-refractivity contribution in [2.24, 2.45) is 0 Å². The van der Waals surface area contributed by atoms with Crippen molar-refractivity contribution in [3.8, 4) is 0 Å². The first-order valence-corrected chi connectivity index (χ1v) is 8.63. The molecule has 1 amide bonds. The maximum atomic E-state index is 12.1. The summed E-state index contributed by atoms with van der Waals surface area (Å²) in [5.74, 6) is 1.06. The molecule has 2 aromatic rings. The highest BCUT2D eigenvalue weighted by Crippen LogP contribution is 2.21. The number of aryl methyl sites for hydroxylation is 2. The molecule has 5 nitrogen and oxygen atoms in total. The molecule has 0 atom stereocenters. The van der Waals surface area contributed by atoms with Crippen molar-refractivity contribution in [1.29, 1.82) is 0 Å². The quantitative estimate of drug-likeness (QED) is 0.610. The van der Waals surface area contributed by atoms with Gasteiger partial charge in [-0.05, 0) is 30.7 Å². The van der Waals surface area contributed by atoms with Crippen LogP contribution in [-0.2, 0) is 17.8 Å². The highest BCUT2D eigenvalue weighted by molar-refractivity contribution is 7.99. The number of nitrogens with zero attached hydrogens (tertiary/aromatic N) is 3. The lowest BCUT2D eigenvalue weighted by atomic mass is 10.2. The van der Waals surface area contributed by atoms with Gasteiger partial charge in [0.05, 0.1) is 5.75 Å². The molecule has 0 spiro atoms. The Morgan fingerprint density at radius 1 is 1.48 bits per heavy atom. The lowest BCUT2D eigenvalue weighted by molar-refractivity contribution is -0.113. The number of allylic oxidation sites excluding steroid dienone is 1. The molecule has 1 aromatic heterocycles. The maximum absolute atomic E-state index is 12.1. The molecule has 0 aliphatic rings. The third-order valence-electron chi connectivity index (χ3n) is 3.22. The Hall–Kier alpha value is -1.79. The number of aromatic nitrogens is 3. The van der Waals surface area contributed by atoms with E-state index in [0.29, 0.717) is 11.6 Å². The number of nitrogens with one attached hydrogen (secondary N) is 1. The van der Waals surface area contributed by atoms with E-state index in [9.17, 15) is 4.79 Å². The smallest absolute Gasteiger partial charge is 0.234 e. The molecule has 1 heterocycles. The molecular weight excluding hydrogens is 332 g/mol. The van der Waals surface area contributed by atoms with E-state index >= 15 is 0 Å². The fourth-order valence-electron chi connectivity index (χ4n) is 2.08. The highest BCUT2D eigenvalue weighted by atomic mass is 35.5. The predicted octanol–water partition coefficient (Wildman–Crippen LogP) is 3.72. The van der Waals surface area contributed by atoms with Crippen molar-refractivity contribution in [2.75, 3.05) is 11.1 Å². The summed E-state index contributed by atoms with van der Waals surface area (Å²) in [6.45, 7) is 8.31. The Labute approximate surface area is 145 Å². The predicted molar refractivity (Wildman–Crippen MR) is 95.1 cm³/mol. The summed E-state index contributed by atoms with van der Waals surface area (Å²) in [4.78, 5) is 12.1. The van der Waals surface area contributed by atoms with Gasteiger partial charge in [0.25, 0.3) is 0 Å². The first kappa shape index (κ1) is 17.6. The van der Waals surface area contributed by atoms with Crippen molar-refractivity contribution in [3.05, 3.63) is 47.3 Å². The van der Waals surface area contributed by atoms with Crippen molar-refractivity contribution in [2.45, 2.75) is 32.0 Å². The molecule has 1 aromatic carbocycles. The molecule has 0 radical (unpaired) electrons.